The predicted octanol–water partition coefficient (Wildman–Crippen LogP) is 2.32. The number of rotatable bonds is 4. The quantitative estimate of drug-likeness (QED) is 0.812. The summed E-state index contributed by atoms with van der Waals surface area (Å²) in [6.45, 7) is 2.07. The van der Waals surface area contributed by atoms with Gasteiger partial charge in [-0.1, -0.05) is 13.0 Å². The van der Waals surface area contributed by atoms with Crippen LogP contribution in [0, 0.1) is 0 Å². The van der Waals surface area contributed by atoms with Gasteiger partial charge in [0, 0.05) is 13.2 Å². The lowest BCUT2D eigenvalue weighted by Crippen LogP contribution is -1.99. The molecule has 0 fully saturated rings. The van der Waals surface area contributed by atoms with E-state index in [0.29, 0.717) is 11.4 Å². The molecule has 0 saturated carbocycles. The lowest BCUT2D eigenvalue weighted by Gasteiger charge is -2.11. The Bertz CT molecular complexity index is 548. The summed E-state index contributed by atoms with van der Waals surface area (Å²) in [5.41, 5.74) is 9.44. The van der Waals surface area contributed by atoms with Crippen LogP contribution in [-0.4, -0.2) is 16.9 Å². The molecule has 0 aliphatic carbocycles. The maximum absolute atomic E-state index is 6.03. The molecular formula is C13H18N4O. The van der Waals surface area contributed by atoms with Crippen molar-refractivity contribution in [2.45, 2.75) is 13.3 Å². The summed E-state index contributed by atoms with van der Waals surface area (Å²) in [6.07, 6.45) is 2.81. The number of para-hydroxylation sites is 1. The van der Waals surface area contributed by atoms with Gasteiger partial charge in [0.05, 0.1) is 29.9 Å². The van der Waals surface area contributed by atoms with Gasteiger partial charge in [0.25, 0.3) is 0 Å². The Morgan fingerprint density at radius 3 is 2.83 bits per heavy atom. The van der Waals surface area contributed by atoms with E-state index in [1.165, 1.54) is 0 Å². The molecule has 0 aliphatic rings. The molecule has 1 aromatic carbocycles. The Hall–Kier alpha value is -2.17. The Kier molecular flexibility index (Phi) is 3.41. The minimum atomic E-state index is 0.603. The third kappa shape index (κ3) is 2.25. The van der Waals surface area contributed by atoms with Gasteiger partial charge in [0.1, 0.15) is 5.75 Å². The van der Waals surface area contributed by atoms with Gasteiger partial charge in [-0.2, -0.15) is 5.10 Å². The first-order valence-electron chi connectivity index (χ1n) is 5.87. The van der Waals surface area contributed by atoms with Crippen molar-refractivity contribution < 1.29 is 4.74 Å². The fraction of sp³-hybridized carbons (Fsp3) is 0.308. The van der Waals surface area contributed by atoms with Gasteiger partial charge in [-0.05, 0) is 18.6 Å². The zero-order chi connectivity index (χ0) is 13.1. The summed E-state index contributed by atoms with van der Waals surface area (Å²) in [7, 11) is 3.51. The summed E-state index contributed by atoms with van der Waals surface area (Å²) in [4.78, 5) is 0. The molecule has 1 heterocycles. The molecule has 3 N–H and O–H groups in total. The van der Waals surface area contributed by atoms with Crippen molar-refractivity contribution in [3.8, 4) is 5.75 Å². The molecule has 0 bridgehead atoms. The zero-order valence-corrected chi connectivity index (χ0v) is 10.9. The van der Waals surface area contributed by atoms with Gasteiger partial charge >= 0.3 is 0 Å². The van der Waals surface area contributed by atoms with Crippen LogP contribution in [0.5, 0.6) is 5.75 Å². The topological polar surface area (TPSA) is 65.1 Å². The molecular weight excluding hydrogens is 228 g/mol. The van der Waals surface area contributed by atoms with Crippen molar-refractivity contribution in [2.24, 2.45) is 7.05 Å². The molecule has 0 atom stereocenters. The molecule has 0 spiro atoms. The van der Waals surface area contributed by atoms with Crippen LogP contribution >= 0.6 is 0 Å². The number of aromatic nitrogens is 2. The first-order valence-corrected chi connectivity index (χ1v) is 5.87. The predicted molar refractivity (Wildman–Crippen MR) is 73.3 cm³/mol. The van der Waals surface area contributed by atoms with Crippen molar-refractivity contribution in [1.82, 2.24) is 9.78 Å². The van der Waals surface area contributed by atoms with Gasteiger partial charge in [-0.3, -0.25) is 4.68 Å². The molecule has 0 radical (unpaired) electrons. The van der Waals surface area contributed by atoms with Gasteiger partial charge in [0.2, 0.25) is 0 Å². The molecule has 0 aliphatic heterocycles. The first kappa shape index (κ1) is 12.3. The smallest absolute Gasteiger partial charge is 0.143 e. The van der Waals surface area contributed by atoms with Crippen LogP contribution in [-0.2, 0) is 13.5 Å². The Morgan fingerprint density at radius 1 is 1.39 bits per heavy atom. The molecule has 96 valence electrons. The Balaban J connectivity index is 2.33. The SMILES string of the molecule is CCc1nn(C)cc1Nc1cccc(OC)c1N. The fourth-order valence-corrected chi connectivity index (χ4v) is 1.88. The molecule has 0 unspecified atom stereocenters. The first-order chi connectivity index (χ1) is 8.65. The summed E-state index contributed by atoms with van der Waals surface area (Å²) < 4.78 is 6.99. The van der Waals surface area contributed by atoms with Gasteiger partial charge < -0.3 is 15.8 Å². The van der Waals surface area contributed by atoms with Crippen molar-refractivity contribution in [3.63, 3.8) is 0 Å². The van der Waals surface area contributed by atoms with E-state index in [1.54, 1.807) is 11.8 Å². The van der Waals surface area contributed by atoms with Crippen molar-refractivity contribution in [1.29, 1.82) is 0 Å². The Morgan fingerprint density at radius 2 is 2.17 bits per heavy atom. The number of aryl methyl sites for hydroxylation is 2. The average molecular weight is 246 g/mol. The number of nitrogen functional groups attached to an aromatic ring is 1. The maximum atomic E-state index is 6.03. The highest BCUT2D eigenvalue weighted by Gasteiger charge is 2.09. The second-order valence-electron chi connectivity index (χ2n) is 4.06. The molecule has 0 amide bonds. The number of ether oxygens (including phenoxy) is 1. The van der Waals surface area contributed by atoms with Gasteiger partial charge in [-0.15, -0.1) is 0 Å². The minimum Gasteiger partial charge on any atom is -0.495 e. The highest BCUT2D eigenvalue weighted by atomic mass is 16.5. The molecule has 5 heteroatoms. The van der Waals surface area contributed by atoms with Crippen LogP contribution in [0.25, 0.3) is 0 Å². The summed E-state index contributed by atoms with van der Waals surface area (Å²) in [5, 5.41) is 7.68. The third-order valence-electron chi connectivity index (χ3n) is 2.80. The van der Waals surface area contributed by atoms with Crippen molar-refractivity contribution in [3.05, 3.63) is 30.1 Å². The number of benzene rings is 1. The molecule has 1 aromatic heterocycles. The average Bonchev–Trinajstić information content (AvgIpc) is 2.72. The van der Waals surface area contributed by atoms with E-state index >= 15 is 0 Å². The van der Waals surface area contributed by atoms with Crippen LogP contribution in [0.4, 0.5) is 17.1 Å². The maximum Gasteiger partial charge on any atom is 0.143 e. The van der Waals surface area contributed by atoms with Gasteiger partial charge in [0.15, 0.2) is 0 Å². The zero-order valence-electron chi connectivity index (χ0n) is 10.9. The van der Waals surface area contributed by atoms with E-state index in [2.05, 4.69) is 17.3 Å². The van der Waals surface area contributed by atoms with Crippen molar-refractivity contribution >= 4 is 17.1 Å². The third-order valence-corrected chi connectivity index (χ3v) is 2.80. The van der Waals surface area contributed by atoms with E-state index in [4.69, 9.17) is 10.5 Å². The number of hydrogen-bond donors (Lipinski definition) is 2. The molecule has 0 saturated heterocycles. The highest BCUT2D eigenvalue weighted by molar-refractivity contribution is 5.77. The monoisotopic (exact) mass is 246 g/mol. The van der Waals surface area contributed by atoms with E-state index in [-0.39, 0.29) is 0 Å². The fourth-order valence-electron chi connectivity index (χ4n) is 1.88. The molecule has 2 aromatic rings. The van der Waals surface area contributed by atoms with Crippen LogP contribution in [0.1, 0.15) is 12.6 Å². The summed E-state index contributed by atoms with van der Waals surface area (Å²) in [6, 6.07) is 5.66. The standard InChI is InChI=1S/C13H18N4O/c1-4-9-11(8-17(2)16-9)15-10-6-5-7-12(18-3)13(10)14/h5-8,15H,4,14H2,1-3H3. The highest BCUT2D eigenvalue weighted by Crippen LogP contribution is 2.32. The lowest BCUT2D eigenvalue weighted by atomic mass is 10.2. The number of hydrogen-bond acceptors (Lipinski definition) is 4. The second kappa shape index (κ2) is 5.00. The number of nitrogens with one attached hydrogen (secondary N) is 1. The van der Waals surface area contributed by atoms with E-state index in [9.17, 15) is 0 Å². The largest absolute Gasteiger partial charge is 0.495 e. The van der Waals surface area contributed by atoms with E-state index in [0.717, 1.165) is 23.5 Å². The van der Waals surface area contributed by atoms with E-state index in [1.807, 2.05) is 31.4 Å². The van der Waals surface area contributed by atoms with Crippen molar-refractivity contribution in [2.75, 3.05) is 18.2 Å². The Labute approximate surface area is 107 Å². The minimum absolute atomic E-state index is 0.603. The van der Waals surface area contributed by atoms with Crippen LogP contribution in [0.3, 0.4) is 0 Å². The molecule has 18 heavy (non-hydrogen) atoms. The molecule has 2 rings (SSSR count). The second-order valence-corrected chi connectivity index (χ2v) is 4.06. The lowest BCUT2D eigenvalue weighted by molar-refractivity contribution is 0.417. The number of anilines is 3. The normalized spacial score (nSPS) is 10.4. The summed E-state index contributed by atoms with van der Waals surface area (Å²) in [5.74, 6) is 0.668. The van der Waals surface area contributed by atoms with Crippen LogP contribution < -0.4 is 15.8 Å². The van der Waals surface area contributed by atoms with E-state index < -0.39 is 0 Å². The number of nitrogens with zero attached hydrogens (tertiary/aromatic N) is 2. The van der Waals surface area contributed by atoms with Crippen LogP contribution in [0.15, 0.2) is 24.4 Å². The number of nitrogens with two attached hydrogens (primary N) is 1. The van der Waals surface area contributed by atoms with Gasteiger partial charge in [-0.25, -0.2) is 0 Å². The molecule has 5 nitrogen and oxygen atoms in total. The summed E-state index contributed by atoms with van der Waals surface area (Å²) >= 11 is 0. The number of methoxy groups -OCH3 is 1. The van der Waals surface area contributed by atoms with Crippen LogP contribution in [0.2, 0.25) is 0 Å².